The van der Waals surface area contributed by atoms with Gasteiger partial charge in [0.15, 0.2) is 11.9 Å². The third-order valence-corrected chi connectivity index (χ3v) is 26.6. The number of carbonyl (C=O) groups is 2. The average molecular weight is 1680 g/mol. The number of likely N-dealkylation sites (N-methyl/N-ethyl adjacent to an activating group) is 3. The Morgan fingerprint density at radius 2 is 1.01 bits per heavy atom. The van der Waals surface area contributed by atoms with E-state index >= 15 is 0 Å². The van der Waals surface area contributed by atoms with E-state index < -0.39 is 6.09 Å². The number of allylic oxidation sites excluding steroid dienone is 2. The predicted molar refractivity (Wildman–Crippen MR) is 470 cm³/mol. The van der Waals surface area contributed by atoms with E-state index in [-0.39, 0.29) is 31.7 Å². The number of aliphatic imine (C=N–C) groups is 1. The summed E-state index contributed by atoms with van der Waals surface area (Å²) in [5, 5.41) is 45.0. The number of hydrogen-bond donors (Lipinski definition) is 7. The van der Waals surface area contributed by atoms with E-state index in [1.807, 2.05) is 177 Å². The van der Waals surface area contributed by atoms with Crippen LogP contribution in [0.5, 0.6) is 11.8 Å². The third-order valence-electron chi connectivity index (χ3n) is 17.2. The number of thiazole rings is 2. The van der Waals surface area contributed by atoms with Crippen LogP contribution >= 0.6 is 90.7 Å². The minimum atomic E-state index is -0.477. The van der Waals surface area contributed by atoms with Crippen LogP contribution in [0.2, 0.25) is 0 Å². The number of para-hydroxylation sites is 2. The molecule has 0 aliphatic carbocycles. The number of fused-ring (bicyclic) bond motifs is 4. The van der Waals surface area contributed by atoms with Gasteiger partial charge in [-0.1, -0.05) is 72.8 Å². The van der Waals surface area contributed by atoms with Crippen LogP contribution in [0.3, 0.4) is 0 Å². The van der Waals surface area contributed by atoms with Gasteiger partial charge >= 0.3 is 6.09 Å². The summed E-state index contributed by atoms with van der Waals surface area (Å²) in [7, 11) is 5.91. The Morgan fingerprint density at radius 3 is 1.51 bits per heavy atom. The van der Waals surface area contributed by atoms with Crippen LogP contribution in [0.25, 0.3) is 84.2 Å². The normalized spacial score (nSPS) is 11.5. The molecule has 0 saturated carbocycles. The van der Waals surface area contributed by atoms with E-state index in [1.54, 1.807) is 74.2 Å². The maximum absolute atomic E-state index is 12.4. The molecule has 33 heteroatoms. The molecule has 115 heavy (non-hydrogen) atoms. The molecule has 1 amide bonds. The van der Waals surface area contributed by atoms with Crippen molar-refractivity contribution in [2.75, 3.05) is 86.8 Å². The summed E-state index contributed by atoms with van der Waals surface area (Å²) >= 11 is 12.9. The van der Waals surface area contributed by atoms with Gasteiger partial charge in [-0.2, -0.15) is 25.5 Å². The number of anilines is 5. The number of nitriles is 2. The minimum Gasteiger partial charge on any atom is -0.471 e. The molecule has 0 atom stereocenters. The number of amides is 1. The molecule has 0 fully saturated rings. The molecule has 0 saturated heterocycles. The van der Waals surface area contributed by atoms with E-state index in [9.17, 15) is 20.1 Å². The second kappa shape index (κ2) is 39.2. The van der Waals surface area contributed by atoms with Gasteiger partial charge in [0.2, 0.25) is 23.7 Å². The zero-order valence-corrected chi connectivity index (χ0v) is 68.6. The molecule has 15 aromatic rings. The molecule has 4 aromatic carbocycles. The maximum Gasteiger partial charge on any atom is 0.407 e. The fraction of sp³-hybridized carbons (Fsp3) is 0.171. The highest BCUT2D eigenvalue weighted by Crippen LogP contribution is 2.42. The SMILES string of the molecule is CN(CCO)c1ccc(-c2ccc(/C=C(\C#N)c3nc4ccccc4s3)s2)s1.CN(CCO)c1ccc(-c2ccc(C=O)s2)s1.CN(CCOC(=O)NCc1ccc(COc2nc(N)nc3c2N=CC3)cc1)c1ccc(-c2ccc(/C=C(\C#N)c3nc4ccccc4s3)s2)s1.NCc1ccc(COc2nc(N)nc3nc[nH]c23)cc1. The fourth-order valence-electron chi connectivity index (χ4n) is 11.2. The first-order valence-corrected chi connectivity index (χ1v) is 42.2. The van der Waals surface area contributed by atoms with Crippen LogP contribution in [-0.4, -0.2) is 129 Å². The Labute approximate surface area is 693 Å². The zero-order chi connectivity index (χ0) is 80.2. The summed E-state index contributed by atoms with van der Waals surface area (Å²) in [6.07, 6.45) is 8.12. The number of aromatic nitrogens is 8. The lowest BCUT2D eigenvalue weighted by atomic mass is 10.1. The average Bonchev–Trinajstić information content (AvgIpc) is 1.74. The molecule has 12 heterocycles. The second-order valence-electron chi connectivity index (χ2n) is 25.3. The van der Waals surface area contributed by atoms with E-state index in [4.69, 9.17) is 41.6 Å². The molecule has 1 aliphatic rings. The molecule has 0 spiro atoms. The van der Waals surface area contributed by atoms with Gasteiger partial charge < -0.3 is 66.6 Å². The summed E-state index contributed by atoms with van der Waals surface area (Å²) in [6, 6.07) is 60.5. The monoisotopic (exact) mass is 1680 g/mol. The van der Waals surface area contributed by atoms with Gasteiger partial charge in [-0.25, -0.2) is 24.7 Å². The smallest absolute Gasteiger partial charge is 0.407 e. The van der Waals surface area contributed by atoms with Crippen molar-refractivity contribution in [1.29, 1.82) is 10.5 Å². The Bertz CT molecular complexity index is 5950. The number of benzene rings is 4. The molecule has 11 aromatic heterocycles. The van der Waals surface area contributed by atoms with Crippen molar-refractivity contribution in [2.45, 2.75) is 32.7 Å². The van der Waals surface area contributed by atoms with E-state index in [0.29, 0.717) is 92.1 Å². The van der Waals surface area contributed by atoms with Gasteiger partial charge in [0.25, 0.3) is 0 Å². The predicted octanol–water partition coefficient (Wildman–Crippen LogP) is 17.0. The topological polar surface area (TPSA) is 368 Å². The number of alkyl carbamates (subject to hydrolysis) is 1. The number of aldehydes is 1. The minimum absolute atomic E-state index is 0.137. The van der Waals surface area contributed by atoms with Crippen LogP contribution < -0.4 is 46.7 Å². The number of ether oxygens (including phenoxy) is 3. The molecular formula is C82H74N18O7S8. The molecule has 10 N–H and O–H groups in total. The molecule has 16 rings (SSSR count). The van der Waals surface area contributed by atoms with Crippen molar-refractivity contribution in [3.63, 3.8) is 0 Å². The number of aromatic amines is 1. The number of rotatable bonds is 27. The number of nitrogens with zero attached hydrogens (tertiary/aromatic N) is 13. The lowest BCUT2D eigenvalue weighted by Gasteiger charge is -2.17. The van der Waals surface area contributed by atoms with Gasteiger partial charge in [-0.05, 0) is 131 Å². The summed E-state index contributed by atoms with van der Waals surface area (Å²) < 4.78 is 19.1. The highest BCUT2D eigenvalue weighted by Gasteiger charge is 2.20. The van der Waals surface area contributed by atoms with Crippen molar-refractivity contribution >= 4 is 197 Å². The number of thiophene rings is 6. The molecule has 0 radical (unpaired) electrons. The fourth-order valence-corrected chi connectivity index (χ4v) is 19.0. The molecular weight excluding hydrogens is 1610 g/mol. The zero-order valence-electron chi connectivity index (χ0n) is 62.1. The lowest BCUT2D eigenvalue weighted by Crippen LogP contribution is -2.28. The number of nitrogen functional groups attached to an aromatic ring is 2. The molecule has 0 unspecified atom stereocenters. The van der Waals surface area contributed by atoms with Crippen LogP contribution in [0.1, 0.15) is 57.4 Å². The van der Waals surface area contributed by atoms with Gasteiger partial charge in [0.05, 0.1) is 83.2 Å². The Kier molecular flexibility index (Phi) is 27.6. The number of nitrogens with one attached hydrogen (secondary N) is 2. The summed E-state index contributed by atoms with van der Waals surface area (Å²) in [4.78, 5) is 75.7. The van der Waals surface area contributed by atoms with Gasteiger partial charge in [-0.3, -0.25) is 9.79 Å². The maximum atomic E-state index is 12.4. The largest absolute Gasteiger partial charge is 0.471 e. The summed E-state index contributed by atoms with van der Waals surface area (Å²) in [5.74, 6) is 1.07. The summed E-state index contributed by atoms with van der Waals surface area (Å²) in [5.41, 5.74) is 26.4. The van der Waals surface area contributed by atoms with Crippen LogP contribution in [0.4, 0.5) is 37.4 Å². The number of nitrogens with two attached hydrogens (primary N) is 3. The van der Waals surface area contributed by atoms with E-state index in [0.717, 1.165) is 114 Å². The highest BCUT2D eigenvalue weighted by molar-refractivity contribution is 7.26. The third kappa shape index (κ3) is 21.3. The second-order valence-corrected chi connectivity index (χ2v) is 33.8. The van der Waals surface area contributed by atoms with Crippen LogP contribution in [0, 0.1) is 22.7 Å². The number of imidazole rings is 1. The van der Waals surface area contributed by atoms with Crippen LogP contribution in [-0.2, 0) is 37.5 Å². The van der Waals surface area contributed by atoms with Crippen LogP contribution in [0.15, 0.2) is 181 Å². The van der Waals surface area contributed by atoms with Crippen molar-refractivity contribution in [3.8, 4) is 53.2 Å². The molecule has 0 bridgehead atoms. The first-order valence-electron chi connectivity index (χ1n) is 35.6. The lowest BCUT2D eigenvalue weighted by molar-refractivity contribution is 0.112. The number of carbonyl (C=O) groups excluding carboxylic acids is 2. The quantitative estimate of drug-likeness (QED) is 0.0186. The van der Waals surface area contributed by atoms with E-state index in [1.165, 1.54) is 38.8 Å². The highest BCUT2D eigenvalue weighted by atomic mass is 32.1. The Hall–Kier alpha value is -12.0. The van der Waals surface area contributed by atoms with Gasteiger partial charge in [0.1, 0.15) is 53.2 Å². The van der Waals surface area contributed by atoms with Crippen molar-refractivity contribution in [1.82, 2.24) is 45.2 Å². The molecule has 1 aliphatic heterocycles. The van der Waals surface area contributed by atoms with Gasteiger partial charge in [0, 0.05) is 99.0 Å². The van der Waals surface area contributed by atoms with E-state index in [2.05, 4.69) is 104 Å². The Morgan fingerprint density at radius 1 is 0.548 bits per heavy atom. The van der Waals surface area contributed by atoms with Gasteiger partial charge in [-0.15, -0.1) is 90.7 Å². The first-order chi connectivity index (χ1) is 56.1. The molecule has 582 valence electrons. The number of aliphatic hydroxyl groups excluding tert-OH is 2. The van der Waals surface area contributed by atoms with Crippen molar-refractivity contribution < 1.29 is 34.0 Å². The number of hydrogen-bond acceptors (Lipinski definition) is 31. The standard InChI is InChI=1S/C36H30N8O3S3.C21H17N3OS3.C13H14N6O.C12H13NO2S2/c1-44(31-13-12-30(49-31)29-11-10-25(48-29)18-24(19-37)34-41-26-4-2-3-5-28(26)50-34)16-17-46-36(45)40-20-22-6-8-23(9-7-22)21-47-33-32-27(14-15-39-32)42-35(38)43-33;1-24(10-11-25)20-9-8-19(27-20)18-7-6-15(26-18)12-14(13-22)21-23-16-4-2-3-5-17(16)28-21;14-5-8-1-3-9(4-2-8)6-20-12-10-11(17-7-16-10)18-13(15)19-12;1-13(6-7-14)12-5-4-11(17-12)10-3-2-9(8-15)16-10/h2-13,15,18H,14,16-17,20-21H2,1H3,(H,40,45)(H2,38,42,43);2-9,12,25H,10-11H2,1H3;1-4,7H,5-6,14H2,(H3,15,16,17,18,19);2-5,8,14H,6-7H2,1H3/b24-18+;14-12+;;. The Balaban J connectivity index is 0.000000148. The molecule has 25 nitrogen and oxygen atoms in total. The number of aliphatic hydroxyl groups is 2. The van der Waals surface area contributed by atoms with Crippen molar-refractivity contribution in [2.24, 2.45) is 10.7 Å². The summed E-state index contributed by atoms with van der Waals surface area (Å²) in [6.45, 7) is 3.87. The number of H-pyrrole nitrogens is 1. The first kappa shape index (κ1) is 81.1. The van der Waals surface area contributed by atoms with Crippen molar-refractivity contribution in [3.05, 3.63) is 229 Å².